The van der Waals surface area contributed by atoms with E-state index in [1.807, 2.05) is 6.07 Å². The Kier molecular flexibility index (Phi) is 5.38. The van der Waals surface area contributed by atoms with Crippen LogP contribution in [0.15, 0.2) is 21.0 Å². The summed E-state index contributed by atoms with van der Waals surface area (Å²) >= 11 is 1.35. The summed E-state index contributed by atoms with van der Waals surface area (Å²) in [6.07, 6.45) is 2.85. The number of rotatable bonds is 7. The smallest absolute Gasteiger partial charge is 0.343 e. The van der Waals surface area contributed by atoms with Gasteiger partial charge in [0.1, 0.15) is 16.7 Å². The zero-order valence-corrected chi connectivity index (χ0v) is 13.3. The van der Waals surface area contributed by atoms with Crippen molar-refractivity contribution in [3.63, 3.8) is 0 Å². The SMILES string of the molecule is CCCNc1cc(Sc2n[nH]c(=O)n2C)nc(CCC)n1. The van der Waals surface area contributed by atoms with E-state index in [0.717, 1.165) is 42.5 Å². The first-order valence-electron chi connectivity index (χ1n) is 7.05. The predicted molar refractivity (Wildman–Crippen MR) is 82.8 cm³/mol. The Labute approximate surface area is 127 Å². The van der Waals surface area contributed by atoms with Gasteiger partial charge in [-0.05, 0) is 24.6 Å². The van der Waals surface area contributed by atoms with Crippen LogP contribution in [0.2, 0.25) is 0 Å². The Morgan fingerprint density at radius 1 is 1.33 bits per heavy atom. The fourth-order valence-electron chi connectivity index (χ4n) is 1.72. The topological polar surface area (TPSA) is 88.5 Å². The number of H-pyrrole nitrogens is 1. The molecule has 0 fully saturated rings. The summed E-state index contributed by atoms with van der Waals surface area (Å²) in [6, 6.07) is 1.89. The van der Waals surface area contributed by atoms with Gasteiger partial charge in [-0.1, -0.05) is 13.8 Å². The quantitative estimate of drug-likeness (QED) is 0.759. The lowest BCUT2D eigenvalue weighted by Gasteiger charge is -2.08. The summed E-state index contributed by atoms with van der Waals surface area (Å²) in [5.41, 5.74) is -0.232. The molecule has 0 saturated carbocycles. The average molecular weight is 308 g/mol. The van der Waals surface area contributed by atoms with Gasteiger partial charge in [-0.2, -0.15) is 0 Å². The Hall–Kier alpha value is -1.83. The van der Waals surface area contributed by atoms with Gasteiger partial charge in [0.2, 0.25) is 0 Å². The van der Waals surface area contributed by atoms with Gasteiger partial charge in [-0.15, -0.1) is 5.10 Å². The zero-order valence-electron chi connectivity index (χ0n) is 12.5. The van der Waals surface area contributed by atoms with E-state index in [1.54, 1.807) is 7.05 Å². The molecular weight excluding hydrogens is 288 g/mol. The van der Waals surface area contributed by atoms with Gasteiger partial charge >= 0.3 is 5.69 Å². The monoisotopic (exact) mass is 308 g/mol. The van der Waals surface area contributed by atoms with E-state index in [2.05, 4.69) is 39.3 Å². The summed E-state index contributed by atoms with van der Waals surface area (Å²) < 4.78 is 1.46. The molecule has 0 aromatic carbocycles. The summed E-state index contributed by atoms with van der Waals surface area (Å²) in [7, 11) is 1.68. The fraction of sp³-hybridized carbons (Fsp3) is 0.538. The van der Waals surface area contributed by atoms with E-state index < -0.39 is 0 Å². The summed E-state index contributed by atoms with van der Waals surface area (Å²) in [5.74, 6) is 1.62. The number of hydrogen-bond acceptors (Lipinski definition) is 6. The molecule has 114 valence electrons. The first-order chi connectivity index (χ1) is 10.1. The molecule has 2 aromatic rings. The second-order valence-corrected chi connectivity index (χ2v) is 5.64. The van der Waals surface area contributed by atoms with Crippen LogP contribution in [-0.4, -0.2) is 31.3 Å². The van der Waals surface area contributed by atoms with Crippen LogP contribution < -0.4 is 11.0 Å². The molecule has 21 heavy (non-hydrogen) atoms. The highest BCUT2D eigenvalue weighted by atomic mass is 32.2. The molecule has 0 atom stereocenters. The number of aromatic nitrogens is 5. The van der Waals surface area contributed by atoms with Crippen molar-refractivity contribution in [1.82, 2.24) is 24.7 Å². The summed E-state index contributed by atoms with van der Waals surface area (Å²) in [4.78, 5) is 20.4. The standard InChI is InChI=1S/C13H20N6OS/c1-4-6-9-15-10(14-7-5-2)8-11(16-9)21-13-18-17-12(20)19(13)3/h8H,4-7H2,1-3H3,(H,17,20)(H,14,15,16). The lowest BCUT2D eigenvalue weighted by atomic mass is 10.3. The molecule has 0 aliphatic carbocycles. The maximum absolute atomic E-state index is 11.4. The van der Waals surface area contributed by atoms with E-state index >= 15 is 0 Å². The largest absolute Gasteiger partial charge is 0.370 e. The van der Waals surface area contributed by atoms with E-state index in [-0.39, 0.29) is 5.69 Å². The molecule has 0 radical (unpaired) electrons. The molecular formula is C13H20N6OS. The van der Waals surface area contributed by atoms with Crippen LogP contribution in [-0.2, 0) is 13.5 Å². The fourth-order valence-corrected chi connectivity index (χ4v) is 2.54. The third-order valence-electron chi connectivity index (χ3n) is 2.81. The van der Waals surface area contributed by atoms with Crippen molar-refractivity contribution in [2.75, 3.05) is 11.9 Å². The van der Waals surface area contributed by atoms with Crippen molar-refractivity contribution in [3.05, 3.63) is 22.4 Å². The first-order valence-corrected chi connectivity index (χ1v) is 7.86. The van der Waals surface area contributed by atoms with Gasteiger partial charge in [0, 0.05) is 26.1 Å². The van der Waals surface area contributed by atoms with E-state index in [9.17, 15) is 4.79 Å². The second kappa shape index (κ2) is 7.26. The van der Waals surface area contributed by atoms with E-state index in [1.165, 1.54) is 16.3 Å². The Bertz CT molecular complexity index is 650. The lowest BCUT2D eigenvalue weighted by molar-refractivity contribution is 0.761. The molecule has 0 amide bonds. The zero-order chi connectivity index (χ0) is 15.2. The van der Waals surface area contributed by atoms with Gasteiger partial charge in [0.15, 0.2) is 5.16 Å². The van der Waals surface area contributed by atoms with Gasteiger partial charge in [-0.3, -0.25) is 4.57 Å². The molecule has 7 nitrogen and oxygen atoms in total. The number of anilines is 1. The number of aromatic amines is 1. The van der Waals surface area contributed by atoms with Crippen molar-refractivity contribution >= 4 is 17.6 Å². The molecule has 0 spiro atoms. The van der Waals surface area contributed by atoms with Crippen LogP contribution in [0, 0.1) is 0 Å². The second-order valence-electron chi connectivity index (χ2n) is 4.66. The molecule has 2 N–H and O–H groups in total. The molecule has 0 aliphatic rings. The highest BCUT2D eigenvalue weighted by molar-refractivity contribution is 7.99. The first kappa shape index (κ1) is 15.6. The minimum atomic E-state index is -0.232. The van der Waals surface area contributed by atoms with Crippen LogP contribution in [0.1, 0.15) is 32.5 Å². The van der Waals surface area contributed by atoms with Crippen LogP contribution in [0.3, 0.4) is 0 Å². The lowest BCUT2D eigenvalue weighted by Crippen LogP contribution is -2.13. The van der Waals surface area contributed by atoms with Crippen LogP contribution in [0.5, 0.6) is 0 Å². The third kappa shape index (κ3) is 4.07. The molecule has 0 bridgehead atoms. The highest BCUT2D eigenvalue weighted by Gasteiger charge is 2.10. The van der Waals surface area contributed by atoms with E-state index in [4.69, 9.17) is 0 Å². The number of hydrogen-bond donors (Lipinski definition) is 2. The number of nitrogens with one attached hydrogen (secondary N) is 2. The number of aryl methyl sites for hydroxylation is 1. The molecule has 0 saturated heterocycles. The molecule has 0 unspecified atom stereocenters. The van der Waals surface area contributed by atoms with Crippen molar-refractivity contribution in [2.45, 2.75) is 43.3 Å². The summed E-state index contributed by atoms with van der Waals surface area (Å²) in [6.45, 7) is 5.07. The predicted octanol–water partition coefficient (Wildman–Crippen LogP) is 1.82. The molecule has 2 rings (SSSR count). The van der Waals surface area contributed by atoms with Gasteiger partial charge in [-0.25, -0.2) is 19.9 Å². The molecule has 2 heterocycles. The van der Waals surface area contributed by atoms with Crippen molar-refractivity contribution in [3.8, 4) is 0 Å². The summed E-state index contributed by atoms with van der Waals surface area (Å²) in [5, 5.41) is 11.1. The number of nitrogens with zero attached hydrogens (tertiary/aromatic N) is 4. The maximum atomic E-state index is 11.4. The van der Waals surface area contributed by atoms with Gasteiger partial charge in [0.05, 0.1) is 0 Å². The van der Waals surface area contributed by atoms with Crippen LogP contribution in [0.25, 0.3) is 0 Å². The van der Waals surface area contributed by atoms with Crippen LogP contribution in [0.4, 0.5) is 5.82 Å². The Morgan fingerprint density at radius 3 is 2.76 bits per heavy atom. The molecule has 8 heteroatoms. The Balaban J connectivity index is 2.26. The van der Waals surface area contributed by atoms with Crippen molar-refractivity contribution in [1.29, 1.82) is 0 Å². The van der Waals surface area contributed by atoms with Gasteiger partial charge in [0.25, 0.3) is 0 Å². The van der Waals surface area contributed by atoms with Crippen molar-refractivity contribution < 1.29 is 0 Å². The minimum Gasteiger partial charge on any atom is -0.370 e. The average Bonchev–Trinajstić information content (AvgIpc) is 2.77. The molecule has 0 aliphatic heterocycles. The Morgan fingerprint density at radius 2 is 2.14 bits per heavy atom. The minimum absolute atomic E-state index is 0.232. The van der Waals surface area contributed by atoms with E-state index in [0.29, 0.717) is 5.16 Å². The third-order valence-corrected chi connectivity index (χ3v) is 3.78. The highest BCUT2D eigenvalue weighted by Crippen LogP contribution is 2.24. The molecule has 2 aromatic heterocycles. The van der Waals surface area contributed by atoms with Gasteiger partial charge < -0.3 is 5.32 Å². The normalized spacial score (nSPS) is 10.8. The maximum Gasteiger partial charge on any atom is 0.343 e. The van der Waals surface area contributed by atoms with Crippen molar-refractivity contribution in [2.24, 2.45) is 7.05 Å². The van der Waals surface area contributed by atoms with Crippen LogP contribution >= 0.6 is 11.8 Å².